The zero-order valence-corrected chi connectivity index (χ0v) is 13.8. The van der Waals surface area contributed by atoms with Crippen LogP contribution < -0.4 is 15.5 Å². The summed E-state index contributed by atoms with van der Waals surface area (Å²) in [4.78, 5) is 23.4. The summed E-state index contributed by atoms with van der Waals surface area (Å²) in [6, 6.07) is 14.0. The van der Waals surface area contributed by atoms with E-state index in [1.807, 2.05) is 24.3 Å². The van der Waals surface area contributed by atoms with Crippen LogP contribution in [0.15, 0.2) is 58.1 Å². The van der Waals surface area contributed by atoms with Crippen molar-refractivity contribution in [2.45, 2.75) is 0 Å². The van der Waals surface area contributed by atoms with Gasteiger partial charge in [0.05, 0.1) is 13.3 Å². The molecule has 0 unspecified atom stereocenters. The molecule has 7 heteroatoms. The van der Waals surface area contributed by atoms with Crippen molar-refractivity contribution in [3.05, 3.63) is 58.6 Å². The molecule has 0 atom stereocenters. The molecule has 0 aliphatic carbocycles. The van der Waals surface area contributed by atoms with E-state index in [0.29, 0.717) is 11.4 Å². The van der Waals surface area contributed by atoms with Gasteiger partial charge in [-0.3, -0.25) is 9.59 Å². The first-order chi connectivity index (χ1) is 11.1. The number of hydrazone groups is 1. The zero-order valence-electron chi connectivity index (χ0n) is 12.2. The van der Waals surface area contributed by atoms with Crippen molar-refractivity contribution >= 4 is 39.6 Å². The average Bonchev–Trinajstić information content (AvgIpc) is 2.56. The molecule has 0 saturated heterocycles. The third kappa shape index (κ3) is 5.23. The zero-order chi connectivity index (χ0) is 16.7. The Morgan fingerprint density at radius 2 is 1.87 bits per heavy atom. The minimum absolute atomic E-state index is 0.460. The SMILES string of the molecule is COc1cccc(NC(=O)C(=O)N/N=C/c2ccc(Br)cc2)c1. The molecule has 2 amide bonds. The minimum Gasteiger partial charge on any atom is -0.497 e. The first-order valence-electron chi connectivity index (χ1n) is 6.62. The molecule has 0 radical (unpaired) electrons. The lowest BCUT2D eigenvalue weighted by Crippen LogP contribution is -2.32. The van der Waals surface area contributed by atoms with Gasteiger partial charge in [-0.25, -0.2) is 5.43 Å². The number of carbonyl (C=O) groups is 2. The predicted octanol–water partition coefficient (Wildman–Crippen LogP) is 2.55. The molecule has 0 fully saturated rings. The number of hydrogen-bond acceptors (Lipinski definition) is 4. The Labute approximate surface area is 141 Å². The lowest BCUT2D eigenvalue weighted by molar-refractivity contribution is -0.136. The van der Waals surface area contributed by atoms with Crippen LogP contribution in [-0.4, -0.2) is 25.1 Å². The van der Waals surface area contributed by atoms with Crippen LogP contribution in [-0.2, 0) is 9.59 Å². The van der Waals surface area contributed by atoms with E-state index in [4.69, 9.17) is 4.74 Å². The van der Waals surface area contributed by atoms with E-state index >= 15 is 0 Å². The predicted molar refractivity (Wildman–Crippen MR) is 91.5 cm³/mol. The van der Waals surface area contributed by atoms with E-state index in [9.17, 15) is 9.59 Å². The topological polar surface area (TPSA) is 79.8 Å². The van der Waals surface area contributed by atoms with Gasteiger partial charge in [0.25, 0.3) is 0 Å². The maximum atomic E-state index is 11.8. The minimum atomic E-state index is -0.860. The highest BCUT2D eigenvalue weighted by molar-refractivity contribution is 9.10. The normalized spacial score (nSPS) is 10.3. The van der Waals surface area contributed by atoms with Crippen LogP contribution in [0.1, 0.15) is 5.56 Å². The van der Waals surface area contributed by atoms with Gasteiger partial charge >= 0.3 is 11.8 Å². The maximum Gasteiger partial charge on any atom is 0.329 e. The number of nitrogens with one attached hydrogen (secondary N) is 2. The van der Waals surface area contributed by atoms with E-state index in [1.54, 1.807) is 24.3 Å². The molecule has 0 spiro atoms. The van der Waals surface area contributed by atoms with Gasteiger partial charge in [0.15, 0.2) is 0 Å². The molecule has 0 aliphatic rings. The standard InChI is InChI=1S/C16H14BrN3O3/c1-23-14-4-2-3-13(9-14)19-15(21)16(22)20-18-10-11-5-7-12(17)8-6-11/h2-10H,1H3,(H,19,21)(H,20,22)/b18-10+. The number of amides is 2. The lowest BCUT2D eigenvalue weighted by Gasteiger charge is -2.05. The fourth-order valence-corrected chi connectivity index (χ4v) is 1.92. The van der Waals surface area contributed by atoms with Crippen LogP contribution in [0.4, 0.5) is 5.69 Å². The number of anilines is 1. The van der Waals surface area contributed by atoms with E-state index < -0.39 is 11.8 Å². The molecule has 0 aromatic heterocycles. The van der Waals surface area contributed by atoms with Gasteiger partial charge in [0, 0.05) is 16.2 Å². The summed E-state index contributed by atoms with van der Waals surface area (Å²) in [5.74, 6) is -1.09. The van der Waals surface area contributed by atoms with Crippen LogP contribution in [0.25, 0.3) is 0 Å². The second kappa shape index (κ2) is 8.09. The summed E-state index contributed by atoms with van der Waals surface area (Å²) in [6.45, 7) is 0. The van der Waals surface area contributed by atoms with Crippen molar-refractivity contribution in [2.24, 2.45) is 5.10 Å². The largest absolute Gasteiger partial charge is 0.497 e. The van der Waals surface area contributed by atoms with Crippen LogP contribution in [0, 0.1) is 0 Å². The molecular formula is C16H14BrN3O3. The van der Waals surface area contributed by atoms with Crippen molar-refractivity contribution in [1.82, 2.24) is 5.43 Å². The summed E-state index contributed by atoms with van der Waals surface area (Å²) in [5.41, 5.74) is 3.42. The van der Waals surface area contributed by atoms with Crippen molar-refractivity contribution in [3.63, 3.8) is 0 Å². The smallest absolute Gasteiger partial charge is 0.329 e. The van der Waals surface area contributed by atoms with Crippen molar-refractivity contribution < 1.29 is 14.3 Å². The molecule has 2 N–H and O–H groups in total. The van der Waals surface area contributed by atoms with E-state index in [0.717, 1.165) is 10.0 Å². The number of methoxy groups -OCH3 is 1. The fraction of sp³-hybridized carbons (Fsp3) is 0.0625. The Hall–Kier alpha value is -2.67. The number of ether oxygens (including phenoxy) is 1. The van der Waals surface area contributed by atoms with Crippen LogP contribution in [0.2, 0.25) is 0 Å². The van der Waals surface area contributed by atoms with Crippen molar-refractivity contribution in [3.8, 4) is 5.75 Å². The average molecular weight is 376 g/mol. The quantitative estimate of drug-likeness (QED) is 0.489. The van der Waals surface area contributed by atoms with Gasteiger partial charge in [-0.05, 0) is 29.8 Å². The molecule has 2 aromatic rings. The molecule has 2 rings (SSSR count). The Kier molecular flexibility index (Phi) is 5.87. The summed E-state index contributed by atoms with van der Waals surface area (Å²) in [5, 5.41) is 6.20. The highest BCUT2D eigenvalue weighted by atomic mass is 79.9. The number of hydrogen-bond donors (Lipinski definition) is 2. The molecule has 118 valence electrons. The van der Waals surface area contributed by atoms with Gasteiger partial charge in [0.2, 0.25) is 0 Å². The molecule has 0 saturated carbocycles. The highest BCUT2D eigenvalue weighted by Gasteiger charge is 2.12. The van der Waals surface area contributed by atoms with Crippen molar-refractivity contribution in [1.29, 1.82) is 0 Å². The van der Waals surface area contributed by atoms with Gasteiger partial charge in [-0.2, -0.15) is 5.10 Å². The molecule has 0 aliphatic heterocycles. The molecular weight excluding hydrogens is 362 g/mol. The summed E-state index contributed by atoms with van der Waals surface area (Å²) < 4.78 is 5.98. The van der Waals surface area contributed by atoms with Crippen LogP contribution >= 0.6 is 15.9 Å². The van der Waals surface area contributed by atoms with Crippen LogP contribution in [0.5, 0.6) is 5.75 Å². The third-order valence-corrected chi connectivity index (χ3v) is 3.31. The first kappa shape index (κ1) is 16.7. The number of halogens is 1. The number of nitrogens with zero attached hydrogens (tertiary/aromatic N) is 1. The summed E-state index contributed by atoms with van der Waals surface area (Å²) in [7, 11) is 1.52. The van der Waals surface area contributed by atoms with Gasteiger partial charge in [-0.1, -0.05) is 34.1 Å². The van der Waals surface area contributed by atoms with E-state index in [1.165, 1.54) is 13.3 Å². The summed E-state index contributed by atoms with van der Waals surface area (Å²) >= 11 is 3.32. The van der Waals surface area contributed by atoms with Crippen molar-refractivity contribution in [2.75, 3.05) is 12.4 Å². The van der Waals surface area contributed by atoms with E-state index in [2.05, 4.69) is 31.8 Å². The molecule has 0 heterocycles. The number of rotatable bonds is 4. The number of carbonyl (C=O) groups excluding carboxylic acids is 2. The Bertz CT molecular complexity index is 730. The lowest BCUT2D eigenvalue weighted by atomic mass is 10.2. The summed E-state index contributed by atoms with van der Waals surface area (Å²) in [6.07, 6.45) is 1.45. The Balaban J connectivity index is 1.89. The Morgan fingerprint density at radius 3 is 2.57 bits per heavy atom. The molecule has 0 bridgehead atoms. The molecule has 23 heavy (non-hydrogen) atoms. The maximum absolute atomic E-state index is 11.8. The second-order valence-electron chi connectivity index (χ2n) is 4.44. The second-order valence-corrected chi connectivity index (χ2v) is 5.35. The number of benzene rings is 2. The van der Waals surface area contributed by atoms with Gasteiger partial charge in [0.1, 0.15) is 5.75 Å². The van der Waals surface area contributed by atoms with E-state index in [-0.39, 0.29) is 0 Å². The van der Waals surface area contributed by atoms with Crippen LogP contribution in [0.3, 0.4) is 0 Å². The fourth-order valence-electron chi connectivity index (χ4n) is 1.65. The van der Waals surface area contributed by atoms with Gasteiger partial charge < -0.3 is 10.1 Å². The third-order valence-electron chi connectivity index (χ3n) is 2.78. The first-order valence-corrected chi connectivity index (χ1v) is 7.42. The Morgan fingerprint density at radius 1 is 1.13 bits per heavy atom. The molecule has 2 aromatic carbocycles. The molecule has 6 nitrogen and oxygen atoms in total. The highest BCUT2D eigenvalue weighted by Crippen LogP contribution is 2.16. The monoisotopic (exact) mass is 375 g/mol. The van der Waals surface area contributed by atoms with Gasteiger partial charge in [-0.15, -0.1) is 0 Å².